The molecule has 0 aromatic heterocycles. The monoisotopic (exact) mass is 317 g/mol. The summed E-state index contributed by atoms with van der Waals surface area (Å²) < 4.78 is 0. The van der Waals surface area contributed by atoms with Gasteiger partial charge < -0.3 is 5.11 Å². The summed E-state index contributed by atoms with van der Waals surface area (Å²) in [4.78, 5) is 2.10. The molecule has 0 bridgehead atoms. The Bertz CT molecular complexity index is 701. The minimum Gasteiger partial charge on any atom is -0.381 e. The van der Waals surface area contributed by atoms with Crippen molar-refractivity contribution in [1.29, 1.82) is 0 Å². The minimum absolute atomic E-state index is 0.0187. The Morgan fingerprint density at radius 3 is 1.54 bits per heavy atom. The molecule has 2 heteroatoms. The Kier molecular flexibility index (Phi) is 5.09. The lowest BCUT2D eigenvalue weighted by atomic mass is 9.83. The standard InChI is InChI=1S/C22H23NO/c1-22(20-13-7-3-8-14-20,21-15-9-4-10-16-21)23(18-24)17-19-11-5-2-6-12-19/h2-16,24H,17-18H2,1H3. The van der Waals surface area contributed by atoms with Gasteiger partial charge in [-0.1, -0.05) is 91.0 Å². The van der Waals surface area contributed by atoms with Crippen LogP contribution >= 0.6 is 0 Å². The van der Waals surface area contributed by atoms with E-state index in [1.165, 1.54) is 16.7 Å². The number of benzene rings is 3. The first kappa shape index (κ1) is 16.4. The van der Waals surface area contributed by atoms with E-state index >= 15 is 0 Å². The summed E-state index contributed by atoms with van der Waals surface area (Å²) in [7, 11) is 0. The molecule has 0 aliphatic carbocycles. The third kappa shape index (κ3) is 3.25. The molecule has 1 N–H and O–H groups in total. The third-order valence-corrected chi connectivity index (χ3v) is 4.69. The Morgan fingerprint density at radius 2 is 1.12 bits per heavy atom. The zero-order chi connectivity index (χ0) is 16.8. The molecular weight excluding hydrogens is 294 g/mol. The van der Waals surface area contributed by atoms with E-state index in [1.54, 1.807) is 0 Å². The second kappa shape index (κ2) is 7.43. The number of aliphatic hydroxyl groups excluding tert-OH is 1. The molecule has 0 heterocycles. The predicted octanol–water partition coefficient (Wildman–Crippen LogP) is 4.40. The molecule has 2 nitrogen and oxygen atoms in total. The van der Waals surface area contributed by atoms with Crippen LogP contribution in [0.2, 0.25) is 0 Å². The lowest BCUT2D eigenvalue weighted by Gasteiger charge is -2.41. The minimum atomic E-state index is -0.410. The van der Waals surface area contributed by atoms with E-state index in [9.17, 15) is 5.11 Å². The molecule has 0 saturated carbocycles. The van der Waals surface area contributed by atoms with Gasteiger partial charge in [-0.2, -0.15) is 0 Å². The average Bonchev–Trinajstić information content (AvgIpc) is 2.67. The smallest absolute Gasteiger partial charge is 0.0969 e. The van der Waals surface area contributed by atoms with E-state index in [4.69, 9.17) is 0 Å². The summed E-state index contributed by atoms with van der Waals surface area (Å²) in [6.07, 6.45) is 0. The Labute approximate surface area is 144 Å². The molecule has 0 unspecified atom stereocenters. The van der Waals surface area contributed by atoms with Crippen LogP contribution < -0.4 is 0 Å². The maximum atomic E-state index is 10.2. The normalized spacial score (nSPS) is 11.6. The van der Waals surface area contributed by atoms with Crippen LogP contribution in [0.25, 0.3) is 0 Å². The van der Waals surface area contributed by atoms with Crippen molar-refractivity contribution in [2.75, 3.05) is 6.73 Å². The second-order valence-electron chi connectivity index (χ2n) is 6.13. The number of nitrogens with zero attached hydrogens (tertiary/aromatic N) is 1. The number of hydrogen-bond acceptors (Lipinski definition) is 2. The van der Waals surface area contributed by atoms with Crippen LogP contribution in [0.5, 0.6) is 0 Å². The molecule has 0 radical (unpaired) electrons. The number of rotatable bonds is 6. The number of aliphatic hydroxyl groups is 1. The van der Waals surface area contributed by atoms with Crippen LogP contribution in [0.1, 0.15) is 23.6 Å². The van der Waals surface area contributed by atoms with Gasteiger partial charge in [0.25, 0.3) is 0 Å². The first-order valence-corrected chi connectivity index (χ1v) is 8.26. The van der Waals surface area contributed by atoms with E-state index < -0.39 is 5.54 Å². The van der Waals surface area contributed by atoms with Crippen molar-refractivity contribution in [1.82, 2.24) is 4.90 Å². The van der Waals surface area contributed by atoms with Crippen LogP contribution in [0, 0.1) is 0 Å². The van der Waals surface area contributed by atoms with Crippen molar-refractivity contribution in [3.8, 4) is 0 Å². The highest BCUT2D eigenvalue weighted by Crippen LogP contribution is 2.36. The average molecular weight is 317 g/mol. The molecule has 24 heavy (non-hydrogen) atoms. The van der Waals surface area contributed by atoms with Crippen molar-refractivity contribution in [2.45, 2.75) is 19.0 Å². The molecule has 0 fully saturated rings. The molecule has 0 saturated heterocycles. The van der Waals surface area contributed by atoms with Gasteiger partial charge in [-0.05, 0) is 23.6 Å². The molecular formula is C22H23NO. The molecule has 0 aliphatic rings. The number of hydrogen-bond donors (Lipinski definition) is 1. The molecule has 0 amide bonds. The predicted molar refractivity (Wildman–Crippen MR) is 98.4 cm³/mol. The van der Waals surface area contributed by atoms with Gasteiger partial charge in [0.05, 0.1) is 12.3 Å². The quantitative estimate of drug-likeness (QED) is 0.681. The molecule has 0 spiro atoms. The van der Waals surface area contributed by atoms with Crippen LogP contribution in [-0.2, 0) is 12.1 Å². The lowest BCUT2D eigenvalue weighted by molar-refractivity contribution is 0.0255. The molecule has 122 valence electrons. The van der Waals surface area contributed by atoms with E-state index in [0.717, 1.165) is 0 Å². The summed E-state index contributed by atoms with van der Waals surface area (Å²) in [6, 6.07) is 31.0. The van der Waals surface area contributed by atoms with Gasteiger partial charge in [0.15, 0.2) is 0 Å². The van der Waals surface area contributed by atoms with Crippen LogP contribution in [0.15, 0.2) is 91.0 Å². The van der Waals surface area contributed by atoms with Crippen LogP contribution in [0.3, 0.4) is 0 Å². The first-order chi connectivity index (χ1) is 11.7. The van der Waals surface area contributed by atoms with Gasteiger partial charge in [-0.3, -0.25) is 4.90 Å². The summed E-state index contributed by atoms with van der Waals surface area (Å²) in [5, 5.41) is 10.2. The van der Waals surface area contributed by atoms with Crippen molar-refractivity contribution >= 4 is 0 Å². The van der Waals surface area contributed by atoms with Crippen molar-refractivity contribution in [3.63, 3.8) is 0 Å². The van der Waals surface area contributed by atoms with Gasteiger partial charge in [-0.25, -0.2) is 0 Å². The molecule has 3 rings (SSSR count). The van der Waals surface area contributed by atoms with Gasteiger partial charge in [0.2, 0.25) is 0 Å². The largest absolute Gasteiger partial charge is 0.381 e. The van der Waals surface area contributed by atoms with Gasteiger partial charge in [0.1, 0.15) is 0 Å². The van der Waals surface area contributed by atoms with Crippen LogP contribution in [-0.4, -0.2) is 16.7 Å². The molecule has 0 aliphatic heterocycles. The highest BCUT2D eigenvalue weighted by Gasteiger charge is 2.35. The highest BCUT2D eigenvalue weighted by atomic mass is 16.3. The van der Waals surface area contributed by atoms with E-state index in [1.807, 2.05) is 30.3 Å². The SMILES string of the molecule is CC(c1ccccc1)(c1ccccc1)N(CO)Cc1ccccc1. The summed E-state index contributed by atoms with van der Waals surface area (Å²) in [5.41, 5.74) is 3.11. The van der Waals surface area contributed by atoms with Crippen molar-refractivity contribution in [3.05, 3.63) is 108 Å². The van der Waals surface area contributed by atoms with Gasteiger partial charge in [0, 0.05) is 6.54 Å². The Hall–Kier alpha value is -2.42. The van der Waals surface area contributed by atoms with Gasteiger partial charge in [-0.15, -0.1) is 0 Å². The highest BCUT2D eigenvalue weighted by molar-refractivity contribution is 5.37. The zero-order valence-electron chi connectivity index (χ0n) is 14.0. The summed E-state index contributed by atoms with van der Waals surface area (Å²) >= 11 is 0. The third-order valence-electron chi connectivity index (χ3n) is 4.69. The van der Waals surface area contributed by atoms with Gasteiger partial charge >= 0.3 is 0 Å². The maximum absolute atomic E-state index is 10.2. The van der Waals surface area contributed by atoms with E-state index in [-0.39, 0.29) is 6.73 Å². The summed E-state index contributed by atoms with van der Waals surface area (Å²) in [5.74, 6) is 0. The Balaban J connectivity index is 2.06. The van der Waals surface area contributed by atoms with E-state index in [2.05, 4.69) is 72.5 Å². The fourth-order valence-electron chi connectivity index (χ4n) is 3.21. The molecule has 3 aromatic carbocycles. The van der Waals surface area contributed by atoms with Crippen molar-refractivity contribution in [2.24, 2.45) is 0 Å². The van der Waals surface area contributed by atoms with Crippen molar-refractivity contribution < 1.29 is 5.11 Å². The fourth-order valence-corrected chi connectivity index (χ4v) is 3.21. The Morgan fingerprint density at radius 1 is 0.708 bits per heavy atom. The molecule has 3 aromatic rings. The zero-order valence-corrected chi connectivity index (χ0v) is 14.0. The first-order valence-electron chi connectivity index (χ1n) is 8.26. The maximum Gasteiger partial charge on any atom is 0.0969 e. The molecule has 0 atom stereocenters. The van der Waals surface area contributed by atoms with Crippen LogP contribution in [0.4, 0.5) is 0 Å². The van der Waals surface area contributed by atoms with E-state index in [0.29, 0.717) is 6.54 Å². The fraction of sp³-hybridized carbons (Fsp3) is 0.182. The topological polar surface area (TPSA) is 23.5 Å². The second-order valence-corrected chi connectivity index (χ2v) is 6.13. The lowest BCUT2D eigenvalue weighted by Crippen LogP contribution is -2.45. The summed E-state index contributed by atoms with van der Waals surface area (Å²) in [6.45, 7) is 2.84.